The van der Waals surface area contributed by atoms with Crippen molar-refractivity contribution in [1.82, 2.24) is 10.3 Å². The van der Waals surface area contributed by atoms with E-state index in [2.05, 4.69) is 10.3 Å². The number of hydrogen-bond donors (Lipinski definition) is 2. The lowest BCUT2D eigenvalue weighted by Gasteiger charge is -2.28. The Balaban J connectivity index is 1.97. The molecule has 94 valence electrons. The largest absolute Gasteiger partial charge is 0.387 e. The molecule has 0 unspecified atom stereocenters. The summed E-state index contributed by atoms with van der Waals surface area (Å²) in [6.45, 7) is 1.00. The lowest BCUT2D eigenvalue weighted by Crippen LogP contribution is -2.38. The minimum absolute atomic E-state index is 0.171. The third kappa shape index (κ3) is 2.11. The fourth-order valence-electron chi connectivity index (χ4n) is 2.75. The number of nitrogens with zero attached hydrogens (tertiary/aromatic N) is 1. The number of hydrogen-bond acceptors (Lipinski definition) is 3. The SMILES string of the molecule is O[C@@H](c1cccc2ncccc12)[C@@H]1CCCCN1. The molecule has 1 aliphatic heterocycles. The molecule has 0 radical (unpaired) electrons. The van der Waals surface area contributed by atoms with E-state index >= 15 is 0 Å². The Labute approximate surface area is 107 Å². The molecule has 2 heterocycles. The second-order valence-corrected chi connectivity index (χ2v) is 4.92. The normalized spacial score (nSPS) is 21.9. The molecule has 3 rings (SSSR count). The molecule has 0 bridgehead atoms. The molecule has 1 saturated heterocycles. The average Bonchev–Trinajstić information content (AvgIpc) is 2.47. The molecule has 18 heavy (non-hydrogen) atoms. The molecule has 1 aliphatic rings. The summed E-state index contributed by atoms with van der Waals surface area (Å²) in [5.74, 6) is 0. The fraction of sp³-hybridized carbons (Fsp3) is 0.400. The zero-order chi connectivity index (χ0) is 12.4. The van der Waals surface area contributed by atoms with Crippen LogP contribution in [-0.4, -0.2) is 22.7 Å². The van der Waals surface area contributed by atoms with Gasteiger partial charge in [-0.25, -0.2) is 0 Å². The number of pyridine rings is 1. The lowest BCUT2D eigenvalue weighted by molar-refractivity contribution is 0.115. The van der Waals surface area contributed by atoms with Gasteiger partial charge in [0.1, 0.15) is 0 Å². The molecule has 1 aromatic carbocycles. The molecular formula is C15H18N2O. The van der Waals surface area contributed by atoms with Crippen LogP contribution in [0.5, 0.6) is 0 Å². The van der Waals surface area contributed by atoms with Crippen molar-refractivity contribution in [2.75, 3.05) is 6.54 Å². The van der Waals surface area contributed by atoms with Crippen LogP contribution >= 0.6 is 0 Å². The van der Waals surface area contributed by atoms with Gasteiger partial charge in [0.25, 0.3) is 0 Å². The second-order valence-electron chi connectivity index (χ2n) is 4.92. The fourth-order valence-corrected chi connectivity index (χ4v) is 2.75. The van der Waals surface area contributed by atoms with Crippen LogP contribution in [0.4, 0.5) is 0 Å². The van der Waals surface area contributed by atoms with Crippen LogP contribution in [-0.2, 0) is 0 Å². The predicted molar refractivity (Wildman–Crippen MR) is 72.3 cm³/mol. The van der Waals surface area contributed by atoms with E-state index in [-0.39, 0.29) is 6.04 Å². The number of nitrogens with one attached hydrogen (secondary N) is 1. The van der Waals surface area contributed by atoms with Crippen molar-refractivity contribution in [2.45, 2.75) is 31.4 Å². The molecule has 2 aromatic rings. The first-order valence-corrected chi connectivity index (χ1v) is 6.61. The van der Waals surface area contributed by atoms with Crippen molar-refractivity contribution >= 4 is 10.9 Å². The molecule has 1 fully saturated rings. The molecule has 0 saturated carbocycles. The number of aliphatic hydroxyl groups is 1. The number of piperidine rings is 1. The Morgan fingerprint density at radius 1 is 1.22 bits per heavy atom. The van der Waals surface area contributed by atoms with Crippen LogP contribution in [0.15, 0.2) is 36.5 Å². The molecule has 3 heteroatoms. The van der Waals surface area contributed by atoms with Crippen molar-refractivity contribution < 1.29 is 5.11 Å². The van der Waals surface area contributed by atoms with Gasteiger partial charge in [0.15, 0.2) is 0 Å². The molecule has 0 aliphatic carbocycles. The highest BCUT2D eigenvalue weighted by molar-refractivity contribution is 5.82. The van der Waals surface area contributed by atoms with Gasteiger partial charge in [-0.05, 0) is 37.1 Å². The van der Waals surface area contributed by atoms with Crippen LogP contribution in [0.25, 0.3) is 10.9 Å². The van der Waals surface area contributed by atoms with E-state index in [4.69, 9.17) is 0 Å². The Morgan fingerprint density at radius 3 is 3.00 bits per heavy atom. The average molecular weight is 242 g/mol. The maximum Gasteiger partial charge on any atom is 0.0949 e. The number of aliphatic hydroxyl groups excluding tert-OH is 1. The molecule has 3 nitrogen and oxygen atoms in total. The first-order chi connectivity index (χ1) is 8.86. The van der Waals surface area contributed by atoms with Crippen LogP contribution in [0, 0.1) is 0 Å². The third-order valence-corrected chi connectivity index (χ3v) is 3.73. The van der Waals surface area contributed by atoms with Crippen LogP contribution < -0.4 is 5.32 Å². The summed E-state index contributed by atoms with van der Waals surface area (Å²) in [5, 5.41) is 15.0. The molecule has 0 amide bonds. The molecule has 2 N–H and O–H groups in total. The number of fused-ring (bicyclic) bond motifs is 1. The molecule has 2 atom stereocenters. The number of aromatic nitrogens is 1. The molecule has 0 spiro atoms. The van der Waals surface area contributed by atoms with Gasteiger partial charge in [0.05, 0.1) is 11.6 Å². The Morgan fingerprint density at radius 2 is 2.17 bits per heavy atom. The highest BCUT2D eigenvalue weighted by Gasteiger charge is 2.23. The number of rotatable bonds is 2. The number of benzene rings is 1. The van der Waals surface area contributed by atoms with Crippen molar-refractivity contribution in [1.29, 1.82) is 0 Å². The van der Waals surface area contributed by atoms with Crippen molar-refractivity contribution in [3.05, 3.63) is 42.1 Å². The van der Waals surface area contributed by atoms with Gasteiger partial charge in [0.2, 0.25) is 0 Å². The van der Waals surface area contributed by atoms with E-state index in [1.165, 1.54) is 12.8 Å². The van der Waals surface area contributed by atoms with Gasteiger partial charge in [-0.2, -0.15) is 0 Å². The summed E-state index contributed by atoms with van der Waals surface area (Å²) in [7, 11) is 0. The maximum absolute atomic E-state index is 10.6. The highest BCUT2D eigenvalue weighted by Crippen LogP contribution is 2.28. The van der Waals surface area contributed by atoms with Crippen molar-refractivity contribution in [3.8, 4) is 0 Å². The standard InChI is InChI=1S/C15H18N2O/c18-15(14-7-1-2-9-17-14)12-5-3-8-13-11(12)6-4-10-16-13/h3-6,8,10,14-15,17-18H,1-2,7,9H2/t14-,15-/m0/s1. The minimum Gasteiger partial charge on any atom is -0.387 e. The Hall–Kier alpha value is -1.45. The first kappa shape index (κ1) is 11.6. The van der Waals surface area contributed by atoms with E-state index in [1.54, 1.807) is 6.20 Å². The second kappa shape index (κ2) is 5.04. The van der Waals surface area contributed by atoms with E-state index in [0.29, 0.717) is 0 Å². The van der Waals surface area contributed by atoms with Crippen LogP contribution in [0.1, 0.15) is 30.9 Å². The van der Waals surface area contributed by atoms with E-state index in [9.17, 15) is 5.11 Å². The van der Waals surface area contributed by atoms with Gasteiger partial charge in [0, 0.05) is 17.6 Å². The van der Waals surface area contributed by atoms with Gasteiger partial charge < -0.3 is 10.4 Å². The van der Waals surface area contributed by atoms with Gasteiger partial charge in [-0.3, -0.25) is 4.98 Å². The predicted octanol–water partition coefficient (Wildman–Crippen LogP) is 2.41. The lowest BCUT2D eigenvalue weighted by atomic mass is 9.93. The topological polar surface area (TPSA) is 45.2 Å². The maximum atomic E-state index is 10.6. The molecular weight excluding hydrogens is 224 g/mol. The zero-order valence-electron chi connectivity index (χ0n) is 10.3. The Kier molecular flexibility index (Phi) is 3.26. The van der Waals surface area contributed by atoms with Gasteiger partial charge in [-0.1, -0.05) is 24.6 Å². The van der Waals surface area contributed by atoms with Gasteiger partial charge >= 0.3 is 0 Å². The summed E-state index contributed by atoms with van der Waals surface area (Å²) < 4.78 is 0. The van der Waals surface area contributed by atoms with Crippen molar-refractivity contribution in [3.63, 3.8) is 0 Å². The third-order valence-electron chi connectivity index (χ3n) is 3.73. The highest BCUT2D eigenvalue weighted by atomic mass is 16.3. The van der Waals surface area contributed by atoms with Crippen molar-refractivity contribution in [2.24, 2.45) is 0 Å². The quantitative estimate of drug-likeness (QED) is 0.850. The first-order valence-electron chi connectivity index (χ1n) is 6.61. The Bertz CT molecular complexity index is 530. The zero-order valence-corrected chi connectivity index (χ0v) is 10.3. The summed E-state index contributed by atoms with van der Waals surface area (Å²) >= 11 is 0. The van der Waals surface area contributed by atoms with Gasteiger partial charge in [-0.15, -0.1) is 0 Å². The van der Waals surface area contributed by atoms with E-state index in [1.807, 2.05) is 30.3 Å². The smallest absolute Gasteiger partial charge is 0.0949 e. The molecule has 1 aromatic heterocycles. The van der Waals surface area contributed by atoms with E-state index < -0.39 is 6.10 Å². The summed E-state index contributed by atoms with van der Waals surface area (Å²) in [6, 6.07) is 10.1. The summed E-state index contributed by atoms with van der Waals surface area (Å²) in [4.78, 5) is 4.34. The van der Waals surface area contributed by atoms with Crippen LogP contribution in [0.3, 0.4) is 0 Å². The van der Waals surface area contributed by atoms with Crippen LogP contribution in [0.2, 0.25) is 0 Å². The van der Waals surface area contributed by atoms with E-state index in [0.717, 1.165) is 29.4 Å². The summed E-state index contributed by atoms with van der Waals surface area (Å²) in [6.07, 6.45) is 4.78. The monoisotopic (exact) mass is 242 g/mol. The minimum atomic E-state index is -0.446. The summed E-state index contributed by atoms with van der Waals surface area (Å²) in [5.41, 5.74) is 1.94.